The number of sulfonamides is 1. The molecule has 0 amide bonds. The van der Waals surface area contributed by atoms with Crippen LogP contribution in [0, 0.1) is 5.82 Å². The fraction of sp³-hybridized carbons (Fsp3) is 0.158. The quantitative estimate of drug-likeness (QED) is 0.501. The average Bonchev–Trinajstić information content (AvgIpc) is 3.01. The van der Waals surface area contributed by atoms with Crippen LogP contribution < -0.4 is 5.14 Å². The van der Waals surface area contributed by atoms with Gasteiger partial charge in [-0.25, -0.2) is 22.9 Å². The maximum absolute atomic E-state index is 14.0. The molecule has 0 saturated carbocycles. The fourth-order valence-corrected chi connectivity index (χ4v) is 4.74. The van der Waals surface area contributed by atoms with Gasteiger partial charge in [0.2, 0.25) is 10.0 Å². The van der Waals surface area contributed by atoms with Gasteiger partial charge in [0.25, 0.3) is 0 Å². The van der Waals surface area contributed by atoms with Gasteiger partial charge < -0.3 is 4.57 Å². The minimum atomic E-state index is -3.79. The number of nitrogens with two attached hydrogens (primary N) is 1. The Labute approximate surface area is 165 Å². The predicted molar refractivity (Wildman–Crippen MR) is 108 cm³/mol. The van der Waals surface area contributed by atoms with Crippen molar-refractivity contribution in [3.63, 3.8) is 0 Å². The second kappa shape index (κ2) is 7.16. The van der Waals surface area contributed by atoms with Crippen LogP contribution in [0.25, 0.3) is 21.9 Å². The van der Waals surface area contributed by atoms with Crippen LogP contribution in [0.15, 0.2) is 58.7 Å². The second-order valence-corrected chi connectivity index (χ2v) is 8.77. The van der Waals surface area contributed by atoms with E-state index in [2.05, 4.69) is 9.97 Å². The monoisotopic (exact) mass is 416 g/mol. The molecule has 144 valence electrons. The summed E-state index contributed by atoms with van der Waals surface area (Å²) in [6.07, 6.45) is 1.68. The number of halogens is 1. The molecule has 0 aliphatic carbocycles. The lowest BCUT2D eigenvalue weighted by atomic mass is 10.1. The third-order valence-electron chi connectivity index (χ3n) is 4.43. The van der Waals surface area contributed by atoms with Gasteiger partial charge in [-0.2, -0.15) is 0 Å². The molecule has 6 nitrogen and oxygen atoms in total. The lowest BCUT2D eigenvalue weighted by molar-refractivity contribution is 0.598. The van der Waals surface area contributed by atoms with E-state index in [1.165, 1.54) is 36.0 Å². The van der Waals surface area contributed by atoms with Gasteiger partial charge in [-0.3, -0.25) is 4.98 Å². The lowest BCUT2D eigenvalue weighted by Gasteiger charge is -2.08. The van der Waals surface area contributed by atoms with E-state index in [0.717, 1.165) is 27.1 Å². The van der Waals surface area contributed by atoms with Crippen molar-refractivity contribution in [1.82, 2.24) is 14.5 Å². The van der Waals surface area contributed by atoms with E-state index in [1.807, 2.05) is 17.6 Å². The summed E-state index contributed by atoms with van der Waals surface area (Å²) in [5.74, 6) is 0.175. The molecule has 2 N–H and O–H groups in total. The van der Waals surface area contributed by atoms with Crippen molar-refractivity contribution in [1.29, 1.82) is 0 Å². The zero-order chi connectivity index (χ0) is 19.9. The smallest absolute Gasteiger partial charge is 0.238 e. The molecule has 28 heavy (non-hydrogen) atoms. The number of hydrogen-bond donors (Lipinski definition) is 1. The zero-order valence-corrected chi connectivity index (χ0v) is 16.6. The van der Waals surface area contributed by atoms with Gasteiger partial charge in [0.1, 0.15) is 5.82 Å². The standard InChI is InChI=1S/C19H17FN4O2S2/c1-2-24-17-6-5-15(28(21,25)26)10-16(17)23-19(24)27-11-13-9-14(20)8-12-4-3-7-22-18(12)13/h3-10H,2,11H2,1H3,(H2,21,25,26). The number of aryl methyl sites for hydroxylation is 1. The first-order chi connectivity index (χ1) is 13.4. The number of thioether (sulfide) groups is 1. The summed E-state index contributed by atoms with van der Waals surface area (Å²) in [4.78, 5) is 8.96. The summed E-state index contributed by atoms with van der Waals surface area (Å²) in [5.41, 5.74) is 2.91. The summed E-state index contributed by atoms with van der Waals surface area (Å²) < 4.78 is 39.2. The lowest BCUT2D eigenvalue weighted by Crippen LogP contribution is -2.11. The Bertz CT molecular complexity index is 1300. The van der Waals surface area contributed by atoms with Crippen molar-refractivity contribution in [3.05, 3.63) is 60.0 Å². The minimum absolute atomic E-state index is 0.0256. The molecular weight excluding hydrogens is 399 g/mol. The third-order valence-corrected chi connectivity index (χ3v) is 6.37. The molecule has 0 spiro atoms. The van der Waals surface area contributed by atoms with Crippen LogP contribution in [0.4, 0.5) is 4.39 Å². The van der Waals surface area contributed by atoms with Crippen molar-refractivity contribution in [2.45, 2.75) is 29.3 Å². The number of hydrogen-bond acceptors (Lipinski definition) is 5. The molecule has 0 unspecified atom stereocenters. The normalized spacial score (nSPS) is 12.1. The molecule has 0 aliphatic rings. The largest absolute Gasteiger partial charge is 0.319 e. The predicted octanol–water partition coefficient (Wildman–Crippen LogP) is 3.68. The molecule has 4 aromatic rings. The highest BCUT2D eigenvalue weighted by atomic mass is 32.2. The van der Waals surface area contributed by atoms with E-state index in [9.17, 15) is 12.8 Å². The van der Waals surface area contributed by atoms with Crippen LogP contribution in [0.1, 0.15) is 12.5 Å². The summed E-state index contributed by atoms with van der Waals surface area (Å²) in [6, 6.07) is 11.2. The maximum atomic E-state index is 14.0. The van der Waals surface area contributed by atoms with Gasteiger partial charge in [-0.15, -0.1) is 0 Å². The molecule has 0 aliphatic heterocycles. The highest BCUT2D eigenvalue weighted by molar-refractivity contribution is 7.98. The number of nitrogens with zero attached hydrogens (tertiary/aromatic N) is 3. The van der Waals surface area contributed by atoms with Gasteiger partial charge in [0.15, 0.2) is 5.16 Å². The topological polar surface area (TPSA) is 90.9 Å². The number of primary sulfonamides is 1. The Kier molecular flexibility index (Phi) is 4.82. The molecule has 0 radical (unpaired) electrons. The van der Waals surface area contributed by atoms with Crippen molar-refractivity contribution in [3.8, 4) is 0 Å². The van der Waals surface area contributed by atoms with E-state index >= 15 is 0 Å². The van der Waals surface area contributed by atoms with Crippen LogP contribution in [0.2, 0.25) is 0 Å². The number of benzene rings is 2. The van der Waals surface area contributed by atoms with Crippen LogP contribution >= 0.6 is 11.8 Å². The van der Waals surface area contributed by atoms with Gasteiger partial charge in [-0.05, 0) is 48.9 Å². The Hall–Kier alpha value is -2.49. The summed E-state index contributed by atoms with van der Waals surface area (Å²) >= 11 is 1.45. The van der Waals surface area contributed by atoms with E-state index in [-0.39, 0.29) is 10.7 Å². The third kappa shape index (κ3) is 3.48. The second-order valence-electron chi connectivity index (χ2n) is 6.26. The number of aromatic nitrogens is 3. The van der Waals surface area contributed by atoms with Crippen molar-refractivity contribution >= 4 is 43.7 Å². The number of rotatable bonds is 5. The van der Waals surface area contributed by atoms with Crippen molar-refractivity contribution in [2.75, 3.05) is 0 Å². The highest BCUT2D eigenvalue weighted by Gasteiger charge is 2.15. The first-order valence-corrected chi connectivity index (χ1v) is 11.1. The fourth-order valence-electron chi connectivity index (χ4n) is 3.16. The van der Waals surface area contributed by atoms with Crippen molar-refractivity contribution < 1.29 is 12.8 Å². The molecule has 9 heteroatoms. The Morgan fingerprint density at radius 3 is 2.79 bits per heavy atom. The first kappa shape index (κ1) is 18.9. The number of imidazole rings is 1. The van der Waals surface area contributed by atoms with E-state index < -0.39 is 10.0 Å². The highest BCUT2D eigenvalue weighted by Crippen LogP contribution is 2.30. The zero-order valence-electron chi connectivity index (χ0n) is 15.0. The van der Waals surface area contributed by atoms with E-state index in [1.54, 1.807) is 18.3 Å². The molecule has 0 atom stereocenters. The van der Waals surface area contributed by atoms with Crippen LogP contribution in [0.5, 0.6) is 0 Å². The molecular formula is C19H17FN4O2S2. The van der Waals surface area contributed by atoms with Gasteiger partial charge in [0.05, 0.1) is 21.4 Å². The molecule has 2 heterocycles. The molecule has 0 bridgehead atoms. The Balaban J connectivity index is 1.72. The number of pyridine rings is 1. The van der Waals surface area contributed by atoms with Gasteiger partial charge >= 0.3 is 0 Å². The average molecular weight is 417 g/mol. The summed E-state index contributed by atoms with van der Waals surface area (Å²) in [6.45, 7) is 2.65. The molecule has 0 saturated heterocycles. The summed E-state index contributed by atoms with van der Waals surface area (Å²) in [7, 11) is -3.79. The van der Waals surface area contributed by atoms with Gasteiger partial charge in [-0.1, -0.05) is 17.8 Å². The Morgan fingerprint density at radius 2 is 2.04 bits per heavy atom. The summed E-state index contributed by atoms with van der Waals surface area (Å²) in [5, 5.41) is 6.69. The van der Waals surface area contributed by atoms with Crippen molar-refractivity contribution in [2.24, 2.45) is 5.14 Å². The van der Waals surface area contributed by atoms with Crippen LogP contribution in [0.3, 0.4) is 0 Å². The number of fused-ring (bicyclic) bond motifs is 2. The van der Waals surface area contributed by atoms with Gasteiger partial charge in [0, 0.05) is 23.9 Å². The molecule has 0 fully saturated rings. The van der Waals surface area contributed by atoms with Crippen LogP contribution in [-0.2, 0) is 22.3 Å². The molecule has 4 rings (SSSR count). The Morgan fingerprint density at radius 1 is 1.21 bits per heavy atom. The SMILES string of the molecule is CCn1c(SCc2cc(F)cc3cccnc23)nc2cc(S(N)(=O)=O)ccc21. The maximum Gasteiger partial charge on any atom is 0.238 e. The minimum Gasteiger partial charge on any atom is -0.319 e. The first-order valence-electron chi connectivity index (χ1n) is 8.56. The molecule has 2 aromatic carbocycles. The van der Waals surface area contributed by atoms with E-state index in [0.29, 0.717) is 17.8 Å². The molecule has 2 aromatic heterocycles. The van der Waals surface area contributed by atoms with Crippen LogP contribution in [-0.4, -0.2) is 23.0 Å². The van der Waals surface area contributed by atoms with E-state index in [4.69, 9.17) is 5.14 Å².